The third-order valence-corrected chi connectivity index (χ3v) is 2.18. The molecule has 1 rings (SSSR count). The lowest BCUT2D eigenvalue weighted by molar-refractivity contribution is -0.173. The summed E-state index contributed by atoms with van der Waals surface area (Å²) >= 11 is 0. The van der Waals surface area contributed by atoms with Gasteiger partial charge in [-0.3, -0.25) is 0 Å². The maximum atomic E-state index is 11.8. The van der Waals surface area contributed by atoms with Gasteiger partial charge in [0, 0.05) is 12.8 Å². The van der Waals surface area contributed by atoms with Gasteiger partial charge in [-0.25, -0.2) is 4.98 Å². The first-order valence-corrected chi connectivity index (χ1v) is 5.74. The molecule has 0 radical (unpaired) electrons. The number of hydrogen-bond donors (Lipinski definition) is 1. The standard InChI is InChI=1S/C11H17F3N2O2/c1-15-5-2-3-10-16-7-9(18-10)4-6-17-8-11(12,13)14/h7,15H,2-6,8H2,1H3. The molecule has 1 aromatic heterocycles. The molecule has 0 bridgehead atoms. The van der Waals surface area contributed by atoms with E-state index in [1.165, 1.54) is 6.20 Å². The van der Waals surface area contributed by atoms with Crippen molar-refractivity contribution in [1.29, 1.82) is 0 Å². The van der Waals surface area contributed by atoms with Crippen molar-refractivity contribution in [3.05, 3.63) is 17.8 Å². The molecule has 0 saturated heterocycles. The number of hydrogen-bond acceptors (Lipinski definition) is 4. The molecule has 7 heteroatoms. The summed E-state index contributed by atoms with van der Waals surface area (Å²) < 4.78 is 45.2. The van der Waals surface area contributed by atoms with Gasteiger partial charge in [0.25, 0.3) is 0 Å². The van der Waals surface area contributed by atoms with Crippen LogP contribution >= 0.6 is 0 Å². The van der Waals surface area contributed by atoms with Crippen molar-refractivity contribution < 1.29 is 22.3 Å². The highest BCUT2D eigenvalue weighted by Gasteiger charge is 2.27. The number of nitrogens with one attached hydrogen (secondary N) is 1. The van der Waals surface area contributed by atoms with Crippen molar-refractivity contribution in [3.8, 4) is 0 Å². The highest BCUT2D eigenvalue weighted by molar-refractivity contribution is 4.94. The van der Waals surface area contributed by atoms with E-state index in [1.807, 2.05) is 7.05 Å². The van der Waals surface area contributed by atoms with Gasteiger partial charge in [0.1, 0.15) is 12.4 Å². The lowest BCUT2D eigenvalue weighted by Crippen LogP contribution is -2.17. The normalized spacial score (nSPS) is 12.0. The van der Waals surface area contributed by atoms with Crippen LogP contribution in [0, 0.1) is 0 Å². The largest absolute Gasteiger partial charge is 0.446 e. The zero-order chi connectivity index (χ0) is 13.4. The van der Waals surface area contributed by atoms with E-state index in [2.05, 4.69) is 15.0 Å². The third-order valence-electron chi connectivity index (χ3n) is 2.18. The highest BCUT2D eigenvalue weighted by Crippen LogP contribution is 2.14. The summed E-state index contributed by atoms with van der Waals surface area (Å²) in [4.78, 5) is 4.04. The maximum Gasteiger partial charge on any atom is 0.411 e. The van der Waals surface area contributed by atoms with Gasteiger partial charge in [-0.1, -0.05) is 0 Å². The lowest BCUT2D eigenvalue weighted by Gasteiger charge is -2.06. The number of oxazole rings is 1. The predicted molar refractivity (Wildman–Crippen MR) is 59.3 cm³/mol. The molecule has 0 amide bonds. The van der Waals surface area contributed by atoms with Crippen molar-refractivity contribution in [3.63, 3.8) is 0 Å². The van der Waals surface area contributed by atoms with Crippen molar-refractivity contribution in [2.24, 2.45) is 0 Å². The first-order chi connectivity index (χ1) is 8.51. The van der Waals surface area contributed by atoms with E-state index in [0.717, 1.165) is 13.0 Å². The van der Waals surface area contributed by atoms with E-state index in [-0.39, 0.29) is 6.61 Å². The fraction of sp³-hybridized carbons (Fsp3) is 0.727. The van der Waals surface area contributed by atoms with Crippen molar-refractivity contribution in [2.75, 3.05) is 26.8 Å². The maximum absolute atomic E-state index is 11.8. The van der Waals surface area contributed by atoms with Crippen molar-refractivity contribution >= 4 is 0 Å². The van der Waals surface area contributed by atoms with Gasteiger partial charge in [-0.15, -0.1) is 0 Å². The van der Waals surface area contributed by atoms with Crippen LogP contribution in [0.25, 0.3) is 0 Å². The monoisotopic (exact) mass is 266 g/mol. The van der Waals surface area contributed by atoms with E-state index in [4.69, 9.17) is 4.42 Å². The molecule has 0 saturated carbocycles. The van der Waals surface area contributed by atoms with Gasteiger partial charge in [-0.2, -0.15) is 13.2 Å². The molecular formula is C11H17F3N2O2. The Hall–Kier alpha value is -1.08. The van der Waals surface area contributed by atoms with Crippen molar-refractivity contribution in [2.45, 2.75) is 25.4 Å². The molecule has 1 heterocycles. The molecule has 18 heavy (non-hydrogen) atoms. The molecule has 4 nitrogen and oxygen atoms in total. The summed E-state index contributed by atoms with van der Waals surface area (Å²) in [6.45, 7) is -0.382. The Bertz CT molecular complexity index is 339. The quantitative estimate of drug-likeness (QED) is 0.731. The number of aromatic nitrogens is 1. The summed E-state index contributed by atoms with van der Waals surface area (Å²) in [6, 6.07) is 0. The molecule has 1 N–H and O–H groups in total. The molecule has 0 aliphatic heterocycles. The second kappa shape index (κ2) is 7.38. The summed E-state index contributed by atoms with van der Waals surface area (Å²) in [6.07, 6.45) is -0.828. The second-order valence-electron chi connectivity index (χ2n) is 3.85. The van der Waals surface area contributed by atoms with Crippen LogP contribution in [0.15, 0.2) is 10.6 Å². The zero-order valence-corrected chi connectivity index (χ0v) is 10.2. The van der Waals surface area contributed by atoms with E-state index in [0.29, 0.717) is 24.5 Å². The first-order valence-electron chi connectivity index (χ1n) is 5.74. The number of aryl methyl sites for hydroxylation is 1. The van der Waals surface area contributed by atoms with Gasteiger partial charge in [0.05, 0.1) is 12.8 Å². The van der Waals surface area contributed by atoms with Gasteiger partial charge < -0.3 is 14.5 Å². The topological polar surface area (TPSA) is 47.3 Å². The SMILES string of the molecule is CNCCCc1ncc(CCOCC(F)(F)F)o1. The minimum atomic E-state index is -4.28. The minimum Gasteiger partial charge on any atom is -0.446 e. The second-order valence-corrected chi connectivity index (χ2v) is 3.85. The number of alkyl halides is 3. The number of nitrogens with zero attached hydrogens (tertiary/aromatic N) is 1. The van der Waals surface area contributed by atoms with Gasteiger partial charge in [-0.05, 0) is 20.0 Å². The van der Waals surface area contributed by atoms with E-state index < -0.39 is 12.8 Å². The third kappa shape index (κ3) is 6.61. The molecule has 0 unspecified atom stereocenters. The Kier molecular flexibility index (Phi) is 6.14. The van der Waals surface area contributed by atoms with Gasteiger partial charge >= 0.3 is 6.18 Å². The fourth-order valence-corrected chi connectivity index (χ4v) is 1.36. The fourth-order valence-electron chi connectivity index (χ4n) is 1.36. The molecular weight excluding hydrogens is 249 g/mol. The molecule has 0 aliphatic rings. The average Bonchev–Trinajstić information content (AvgIpc) is 2.72. The number of ether oxygens (including phenoxy) is 1. The van der Waals surface area contributed by atoms with Crippen LogP contribution in [0.5, 0.6) is 0 Å². The molecule has 1 aromatic rings. The Balaban J connectivity index is 2.19. The molecule has 0 fully saturated rings. The Morgan fingerprint density at radius 3 is 2.83 bits per heavy atom. The molecule has 104 valence electrons. The van der Waals surface area contributed by atoms with E-state index in [9.17, 15) is 13.2 Å². The summed E-state index contributed by atoms with van der Waals surface area (Å²) in [5.41, 5.74) is 0. The molecule has 0 spiro atoms. The van der Waals surface area contributed by atoms with Crippen LogP contribution in [0.4, 0.5) is 13.2 Å². The highest BCUT2D eigenvalue weighted by atomic mass is 19.4. The Morgan fingerprint density at radius 2 is 2.17 bits per heavy atom. The van der Waals surface area contributed by atoms with Crippen LogP contribution in [0.1, 0.15) is 18.1 Å². The van der Waals surface area contributed by atoms with E-state index in [1.54, 1.807) is 0 Å². The van der Waals surface area contributed by atoms with Crippen LogP contribution < -0.4 is 5.32 Å². The number of rotatable bonds is 8. The van der Waals surface area contributed by atoms with Crippen LogP contribution in [0.2, 0.25) is 0 Å². The van der Waals surface area contributed by atoms with Gasteiger partial charge in [0.15, 0.2) is 5.89 Å². The van der Waals surface area contributed by atoms with Gasteiger partial charge in [0.2, 0.25) is 0 Å². The minimum absolute atomic E-state index is 0.0232. The zero-order valence-electron chi connectivity index (χ0n) is 10.2. The van der Waals surface area contributed by atoms with Crippen LogP contribution in [0.3, 0.4) is 0 Å². The summed E-state index contributed by atoms with van der Waals surface area (Å²) in [5.74, 6) is 1.16. The molecule has 0 aromatic carbocycles. The summed E-state index contributed by atoms with van der Waals surface area (Å²) in [7, 11) is 1.86. The summed E-state index contributed by atoms with van der Waals surface area (Å²) in [5, 5.41) is 3.00. The lowest BCUT2D eigenvalue weighted by atomic mass is 10.3. The predicted octanol–water partition coefficient (Wildman–Crippen LogP) is 1.95. The average molecular weight is 266 g/mol. The first kappa shape index (κ1) is 15.0. The molecule has 0 aliphatic carbocycles. The van der Waals surface area contributed by atoms with Crippen LogP contribution in [-0.2, 0) is 17.6 Å². The van der Waals surface area contributed by atoms with E-state index >= 15 is 0 Å². The van der Waals surface area contributed by atoms with Crippen molar-refractivity contribution in [1.82, 2.24) is 10.3 Å². The molecule has 0 atom stereocenters. The van der Waals surface area contributed by atoms with Crippen LogP contribution in [-0.4, -0.2) is 38.0 Å². The number of halogens is 3. The Labute approximate surface area is 104 Å². The Morgan fingerprint density at radius 1 is 1.39 bits per heavy atom. The smallest absolute Gasteiger partial charge is 0.411 e.